The number of aryl methyl sites for hydroxylation is 1. The zero-order valence-corrected chi connectivity index (χ0v) is 18.9. The van der Waals surface area contributed by atoms with Gasteiger partial charge in [-0.1, -0.05) is 29.3 Å². The third-order valence-corrected chi connectivity index (χ3v) is 7.06. The minimum absolute atomic E-state index is 0.154. The van der Waals surface area contributed by atoms with E-state index in [9.17, 15) is 8.42 Å². The third kappa shape index (κ3) is 4.40. The number of anilines is 1. The summed E-state index contributed by atoms with van der Waals surface area (Å²) < 4.78 is 39.7. The van der Waals surface area contributed by atoms with Crippen molar-refractivity contribution in [3.05, 3.63) is 82.9 Å². The Balaban J connectivity index is 2.20. The number of methoxy groups -OCH3 is 2. The molecule has 0 unspecified atom stereocenters. The average molecular weight is 446 g/mol. The Kier molecular flexibility index (Phi) is 6.58. The zero-order valence-electron chi connectivity index (χ0n) is 17.3. The normalized spacial score (nSPS) is 12.3. The lowest BCUT2D eigenvalue weighted by atomic mass is 10.1. The molecule has 0 aliphatic carbocycles. The van der Waals surface area contributed by atoms with Crippen LogP contribution in [0.5, 0.6) is 11.5 Å². The highest BCUT2D eigenvalue weighted by atomic mass is 35.5. The van der Waals surface area contributed by atoms with Crippen LogP contribution in [-0.2, 0) is 10.0 Å². The van der Waals surface area contributed by atoms with Gasteiger partial charge in [0, 0.05) is 10.6 Å². The molecule has 0 aliphatic rings. The van der Waals surface area contributed by atoms with Crippen LogP contribution in [0.15, 0.2) is 71.6 Å². The van der Waals surface area contributed by atoms with E-state index in [2.05, 4.69) is 0 Å². The average Bonchev–Trinajstić information content (AvgIpc) is 2.74. The van der Waals surface area contributed by atoms with Crippen LogP contribution in [0.1, 0.15) is 24.1 Å². The van der Waals surface area contributed by atoms with E-state index in [0.29, 0.717) is 27.8 Å². The van der Waals surface area contributed by atoms with Gasteiger partial charge in [-0.25, -0.2) is 8.42 Å². The molecule has 1 atom stereocenters. The summed E-state index contributed by atoms with van der Waals surface area (Å²) in [4.78, 5) is 0.154. The smallest absolute Gasteiger partial charge is 0.264 e. The first kappa shape index (κ1) is 22.0. The van der Waals surface area contributed by atoms with Crippen LogP contribution in [0.4, 0.5) is 5.69 Å². The molecule has 158 valence electrons. The van der Waals surface area contributed by atoms with E-state index in [1.807, 2.05) is 26.0 Å². The summed E-state index contributed by atoms with van der Waals surface area (Å²) in [6, 6.07) is 18.3. The Morgan fingerprint density at radius 2 is 1.53 bits per heavy atom. The van der Waals surface area contributed by atoms with E-state index in [1.165, 1.54) is 16.4 Å². The van der Waals surface area contributed by atoms with Gasteiger partial charge in [-0.3, -0.25) is 4.31 Å². The molecule has 0 spiro atoms. The molecule has 0 heterocycles. The van der Waals surface area contributed by atoms with Crippen molar-refractivity contribution in [2.45, 2.75) is 24.8 Å². The molecule has 0 N–H and O–H groups in total. The quantitative estimate of drug-likeness (QED) is 0.473. The number of hydrogen-bond donors (Lipinski definition) is 0. The van der Waals surface area contributed by atoms with E-state index in [4.69, 9.17) is 21.1 Å². The molecule has 0 fully saturated rings. The van der Waals surface area contributed by atoms with Crippen molar-refractivity contribution in [3.8, 4) is 11.5 Å². The van der Waals surface area contributed by atoms with E-state index < -0.39 is 16.1 Å². The van der Waals surface area contributed by atoms with Gasteiger partial charge in [0.25, 0.3) is 10.0 Å². The van der Waals surface area contributed by atoms with Crippen LogP contribution >= 0.6 is 11.6 Å². The minimum atomic E-state index is -3.90. The lowest BCUT2D eigenvalue weighted by Gasteiger charge is -2.32. The predicted octanol–water partition coefficient (Wildman–Crippen LogP) is 5.62. The minimum Gasteiger partial charge on any atom is -0.497 e. The maximum Gasteiger partial charge on any atom is 0.264 e. The molecular formula is C23H24ClNO4S. The molecule has 7 heteroatoms. The molecule has 0 aromatic heterocycles. The molecular weight excluding hydrogens is 422 g/mol. The van der Waals surface area contributed by atoms with Gasteiger partial charge in [0.05, 0.1) is 30.8 Å². The van der Waals surface area contributed by atoms with Crippen LogP contribution in [0.25, 0.3) is 0 Å². The van der Waals surface area contributed by atoms with E-state index in [1.54, 1.807) is 56.7 Å². The van der Waals surface area contributed by atoms with Crippen LogP contribution in [0.2, 0.25) is 5.02 Å². The number of hydrogen-bond acceptors (Lipinski definition) is 4. The van der Waals surface area contributed by atoms with E-state index >= 15 is 0 Å². The first-order valence-corrected chi connectivity index (χ1v) is 11.2. The number of benzene rings is 3. The van der Waals surface area contributed by atoms with Crippen LogP contribution in [0.3, 0.4) is 0 Å². The zero-order chi connectivity index (χ0) is 21.9. The number of rotatable bonds is 7. The van der Waals surface area contributed by atoms with Gasteiger partial charge in [0.2, 0.25) is 0 Å². The standard InChI is InChI=1S/C23H24ClNO4S/c1-16-5-9-19(10-6-16)25(30(26,27)21-12-7-18(24)8-13-21)17(2)22-15-20(28-3)11-14-23(22)29-4/h5-15,17H,1-4H3/t17-/m0/s1. The number of sulfonamides is 1. The van der Waals surface area contributed by atoms with E-state index in [0.717, 1.165) is 5.56 Å². The van der Waals surface area contributed by atoms with Gasteiger partial charge < -0.3 is 9.47 Å². The van der Waals surface area contributed by atoms with Crippen molar-refractivity contribution in [2.75, 3.05) is 18.5 Å². The highest BCUT2D eigenvalue weighted by Crippen LogP contribution is 2.38. The second-order valence-electron chi connectivity index (χ2n) is 6.87. The lowest BCUT2D eigenvalue weighted by molar-refractivity contribution is 0.396. The van der Waals surface area contributed by atoms with E-state index in [-0.39, 0.29) is 4.90 Å². The van der Waals surface area contributed by atoms with Gasteiger partial charge in [-0.05, 0) is 68.4 Å². The third-order valence-electron chi connectivity index (χ3n) is 4.90. The van der Waals surface area contributed by atoms with Crippen molar-refractivity contribution in [3.63, 3.8) is 0 Å². The summed E-state index contributed by atoms with van der Waals surface area (Å²) in [6.07, 6.45) is 0. The largest absolute Gasteiger partial charge is 0.497 e. The Labute approximate surface area is 182 Å². The summed E-state index contributed by atoms with van der Waals surface area (Å²) >= 11 is 5.97. The van der Waals surface area contributed by atoms with Crippen LogP contribution in [0, 0.1) is 6.92 Å². The van der Waals surface area contributed by atoms with Crippen molar-refractivity contribution >= 4 is 27.3 Å². The molecule has 30 heavy (non-hydrogen) atoms. The molecule has 0 radical (unpaired) electrons. The molecule has 0 saturated carbocycles. The highest BCUT2D eigenvalue weighted by molar-refractivity contribution is 7.92. The number of halogens is 1. The fourth-order valence-electron chi connectivity index (χ4n) is 3.27. The van der Waals surface area contributed by atoms with Crippen LogP contribution < -0.4 is 13.8 Å². The second-order valence-corrected chi connectivity index (χ2v) is 9.13. The Morgan fingerprint density at radius 3 is 2.10 bits per heavy atom. The van der Waals surface area contributed by atoms with Gasteiger partial charge in [-0.15, -0.1) is 0 Å². The molecule has 0 amide bonds. The predicted molar refractivity (Wildman–Crippen MR) is 120 cm³/mol. The maximum atomic E-state index is 13.7. The first-order valence-electron chi connectivity index (χ1n) is 9.36. The van der Waals surface area contributed by atoms with Crippen molar-refractivity contribution in [2.24, 2.45) is 0 Å². The second kappa shape index (κ2) is 8.98. The Hall–Kier alpha value is -2.70. The summed E-state index contributed by atoms with van der Waals surface area (Å²) in [7, 11) is -0.772. The van der Waals surface area contributed by atoms with Crippen molar-refractivity contribution in [1.82, 2.24) is 0 Å². The Morgan fingerprint density at radius 1 is 0.900 bits per heavy atom. The molecule has 3 rings (SSSR count). The molecule has 0 aliphatic heterocycles. The molecule has 0 bridgehead atoms. The summed E-state index contributed by atoms with van der Waals surface area (Å²) in [5.41, 5.74) is 2.28. The number of ether oxygens (including phenoxy) is 2. The maximum absolute atomic E-state index is 13.7. The topological polar surface area (TPSA) is 55.8 Å². The van der Waals surface area contributed by atoms with Gasteiger partial charge in [0.1, 0.15) is 11.5 Å². The highest BCUT2D eigenvalue weighted by Gasteiger charge is 2.32. The molecule has 5 nitrogen and oxygen atoms in total. The van der Waals surface area contributed by atoms with Crippen molar-refractivity contribution < 1.29 is 17.9 Å². The Bertz CT molecular complexity index is 1110. The summed E-state index contributed by atoms with van der Waals surface area (Å²) in [5.74, 6) is 1.19. The number of nitrogens with zero attached hydrogens (tertiary/aromatic N) is 1. The molecule has 3 aromatic carbocycles. The fraction of sp³-hybridized carbons (Fsp3) is 0.217. The molecule has 3 aromatic rings. The molecule has 0 saturated heterocycles. The monoisotopic (exact) mass is 445 g/mol. The summed E-state index contributed by atoms with van der Waals surface area (Å²) in [5, 5.41) is 0.471. The lowest BCUT2D eigenvalue weighted by Crippen LogP contribution is -2.34. The first-order chi connectivity index (χ1) is 14.3. The van der Waals surface area contributed by atoms with Gasteiger partial charge in [-0.2, -0.15) is 0 Å². The van der Waals surface area contributed by atoms with Gasteiger partial charge >= 0.3 is 0 Å². The SMILES string of the molecule is COc1ccc(OC)c([C@H](C)N(c2ccc(C)cc2)S(=O)(=O)c2ccc(Cl)cc2)c1. The fourth-order valence-corrected chi connectivity index (χ4v) is 5.04. The summed E-state index contributed by atoms with van der Waals surface area (Å²) in [6.45, 7) is 3.78. The van der Waals surface area contributed by atoms with Gasteiger partial charge in [0.15, 0.2) is 0 Å². The van der Waals surface area contributed by atoms with Crippen LogP contribution in [-0.4, -0.2) is 22.6 Å². The van der Waals surface area contributed by atoms with Crippen molar-refractivity contribution in [1.29, 1.82) is 0 Å².